The van der Waals surface area contributed by atoms with Gasteiger partial charge < -0.3 is 9.73 Å². The second-order valence-corrected chi connectivity index (χ2v) is 4.23. The van der Waals surface area contributed by atoms with Crippen LogP contribution in [0.2, 0.25) is 5.22 Å². The SMILES string of the molecule is O=C(NCCc1cc(F)cc(F)c1)c1ccoc1Cl. The molecule has 0 aliphatic carbocycles. The maximum Gasteiger partial charge on any atom is 0.256 e. The number of nitrogens with one attached hydrogen (secondary N) is 1. The summed E-state index contributed by atoms with van der Waals surface area (Å²) in [5, 5.41) is 2.59. The fourth-order valence-electron chi connectivity index (χ4n) is 1.63. The smallest absolute Gasteiger partial charge is 0.256 e. The standard InChI is InChI=1S/C13H10ClF2NO2/c14-12-11(2-4-19-12)13(18)17-3-1-8-5-9(15)7-10(16)6-8/h2,4-7H,1,3H2,(H,17,18). The number of benzene rings is 1. The third kappa shape index (κ3) is 3.54. The van der Waals surface area contributed by atoms with Crippen molar-refractivity contribution >= 4 is 17.5 Å². The van der Waals surface area contributed by atoms with Crippen molar-refractivity contribution in [3.8, 4) is 0 Å². The van der Waals surface area contributed by atoms with E-state index in [9.17, 15) is 13.6 Å². The van der Waals surface area contributed by atoms with Gasteiger partial charge in [-0.15, -0.1) is 0 Å². The zero-order valence-corrected chi connectivity index (χ0v) is 10.5. The summed E-state index contributed by atoms with van der Waals surface area (Å²) in [6.45, 7) is 0.239. The molecule has 3 nitrogen and oxygen atoms in total. The van der Waals surface area contributed by atoms with E-state index in [1.807, 2.05) is 0 Å². The minimum absolute atomic E-state index is 0.00861. The van der Waals surface area contributed by atoms with Crippen molar-refractivity contribution in [2.75, 3.05) is 6.54 Å². The Hall–Kier alpha value is -1.88. The number of carbonyl (C=O) groups is 1. The Labute approximate surface area is 113 Å². The molecule has 0 atom stereocenters. The number of amides is 1. The van der Waals surface area contributed by atoms with Crippen LogP contribution in [0.25, 0.3) is 0 Å². The Balaban J connectivity index is 1.90. The number of carbonyl (C=O) groups excluding carboxylic acids is 1. The lowest BCUT2D eigenvalue weighted by Crippen LogP contribution is -2.25. The van der Waals surface area contributed by atoms with Crippen molar-refractivity contribution in [1.82, 2.24) is 5.32 Å². The molecule has 0 unspecified atom stereocenters. The highest BCUT2D eigenvalue weighted by atomic mass is 35.5. The van der Waals surface area contributed by atoms with Crippen LogP contribution in [0.4, 0.5) is 8.78 Å². The molecule has 0 spiro atoms. The van der Waals surface area contributed by atoms with Gasteiger partial charge in [0.05, 0.1) is 11.8 Å². The van der Waals surface area contributed by atoms with Crippen molar-refractivity contribution in [2.24, 2.45) is 0 Å². The first-order valence-electron chi connectivity index (χ1n) is 5.52. The van der Waals surface area contributed by atoms with Crippen LogP contribution in [0.3, 0.4) is 0 Å². The molecule has 2 rings (SSSR count). The predicted octanol–water partition coefficient (Wildman–Crippen LogP) is 3.18. The number of furan rings is 1. The zero-order valence-electron chi connectivity index (χ0n) is 9.75. The average Bonchev–Trinajstić information content (AvgIpc) is 2.74. The maximum atomic E-state index is 12.9. The van der Waals surface area contributed by atoms with Crippen molar-refractivity contribution in [1.29, 1.82) is 0 Å². The fraction of sp³-hybridized carbons (Fsp3) is 0.154. The van der Waals surface area contributed by atoms with Crippen LogP contribution in [-0.4, -0.2) is 12.5 Å². The van der Waals surface area contributed by atoms with Gasteiger partial charge in [0.2, 0.25) is 5.22 Å². The summed E-state index contributed by atoms with van der Waals surface area (Å²) < 4.78 is 30.7. The molecule has 2 aromatic rings. The molecule has 0 aliphatic heterocycles. The molecule has 0 saturated heterocycles. The van der Waals surface area contributed by atoms with Crippen LogP contribution in [0, 0.1) is 11.6 Å². The average molecular weight is 286 g/mol. The Morgan fingerprint density at radius 2 is 1.95 bits per heavy atom. The third-order valence-electron chi connectivity index (χ3n) is 2.48. The van der Waals surface area contributed by atoms with Crippen molar-refractivity contribution in [3.63, 3.8) is 0 Å². The molecule has 0 saturated carbocycles. The minimum atomic E-state index is -0.640. The van der Waals surface area contributed by atoms with E-state index in [-0.39, 0.29) is 17.3 Å². The molecule has 0 aliphatic rings. The highest BCUT2D eigenvalue weighted by Gasteiger charge is 2.12. The van der Waals surface area contributed by atoms with Crippen LogP contribution in [0.5, 0.6) is 0 Å². The summed E-state index contributed by atoms with van der Waals surface area (Å²) >= 11 is 5.65. The van der Waals surface area contributed by atoms with Gasteiger partial charge in [-0.05, 0) is 41.8 Å². The Morgan fingerprint density at radius 1 is 1.26 bits per heavy atom. The monoisotopic (exact) mass is 285 g/mol. The number of halogens is 3. The Bertz CT molecular complexity index is 578. The van der Waals surface area contributed by atoms with Crippen LogP contribution in [-0.2, 0) is 6.42 Å². The van der Waals surface area contributed by atoms with Crippen molar-refractivity contribution in [2.45, 2.75) is 6.42 Å². The fourth-order valence-corrected chi connectivity index (χ4v) is 1.83. The van der Waals surface area contributed by atoms with Gasteiger partial charge in [0.15, 0.2) is 0 Å². The van der Waals surface area contributed by atoms with Crippen LogP contribution >= 0.6 is 11.6 Å². The molecule has 100 valence electrons. The topological polar surface area (TPSA) is 42.2 Å². The lowest BCUT2D eigenvalue weighted by atomic mass is 10.1. The van der Waals surface area contributed by atoms with Gasteiger partial charge in [0.1, 0.15) is 11.6 Å². The number of rotatable bonds is 4. The van der Waals surface area contributed by atoms with E-state index in [2.05, 4.69) is 5.32 Å². The van der Waals surface area contributed by atoms with Crippen molar-refractivity contribution < 1.29 is 18.0 Å². The second-order valence-electron chi connectivity index (χ2n) is 3.89. The molecular formula is C13H10ClF2NO2. The summed E-state index contributed by atoms with van der Waals surface area (Å²) in [6.07, 6.45) is 1.62. The lowest BCUT2D eigenvalue weighted by molar-refractivity contribution is 0.0953. The highest BCUT2D eigenvalue weighted by molar-refractivity contribution is 6.32. The number of hydrogen-bond acceptors (Lipinski definition) is 2. The van der Waals surface area contributed by atoms with Gasteiger partial charge in [0.25, 0.3) is 5.91 Å². The van der Waals surface area contributed by atoms with Gasteiger partial charge >= 0.3 is 0 Å². The summed E-state index contributed by atoms with van der Waals surface area (Å²) in [6, 6.07) is 4.69. The lowest BCUT2D eigenvalue weighted by Gasteiger charge is -2.04. The van der Waals surface area contributed by atoms with Gasteiger partial charge in [-0.3, -0.25) is 4.79 Å². The van der Waals surface area contributed by atoms with Crippen LogP contribution < -0.4 is 5.32 Å². The maximum absolute atomic E-state index is 12.9. The highest BCUT2D eigenvalue weighted by Crippen LogP contribution is 2.16. The zero-order chi connectivity index (χ0) is 13.8. The minimum Gasteiger partial charge on any atom is -0.452 e. The molecule has 1 N–H and O–H groups in total. The van der Waals surface area contributed by atoms with Crippen molar-refractivity contribution in [3.05, 3.63) is 58.5 Å². The summed E-state index contributed by atoms with van der Waals surface area (Å²) in [5.74, 6) is -1.67. The van der Waals surface area contributed by atoms with E-state index in [1.165, 1.54) is 24.5 Å². The van der Waals surface area contributed by atoms with Gasteiger partial charge in [0, 0.05) is 12.6 Å². The Kier molecular flexibility index (Phi) is 4.16. The molecular weight excluding hydrogens is 276 g/mol. The van der Waals surface area contributed by atoms with E-state index in [0.29, 0.717) is 12.0 Å². The molecule has 1 aromatic heterocycles. The quantitative estimate of drug-likeness (QED) is 0.937. The largest absolute Gasteiger partial charge is 0.452 e. The summed E-state index contributed by atoms with van der Waals surface area (Å²) in [7, 11) is 0. The molecule has 0 bridgehead atoms. The predicted molar refractivity (Wildman–Crippen MR) is 66.1 cm³/mol. The van der Waals surface area contributed by atoms with Gasteiger partial charge in [-0.2, -0.15) is 0 Å². The molecule has 1 aromatic carbocycles. The van der Waals surface area contributed by atoms with E-state index >= 15 is 0 Å². The normalized spacial score (nSPS) is 10.5. The second kappa shape index (κ2) is 5.84. The van der Waals surface area contributed by atoms with Crippen LogP contribution in [0.1, 0.15) is 15.9 Å². The van der Waals surface area contributed by atoms with Gasteiger partial charge in [-0.1, -0.05) is 0 Å². The molecule has 0 radical (unpaired) electrons. The Morgan fingerprint density at radius 3 is 2.53 bits per heavy atom. The van der Waals surface area contributed by atoms with Crippen LogP contribution in [0.15, 0.2) is 34.9 Å². The molecule has 0 fully saturated rings. The molecule has 19 heavy (non-hydrogen) atoms. The van der Waals surface area contributed by atoms with E-state index in [1.54, 1.807) is 0 Å². The van der Waals surface area contributed by atoms with E-state index < -0.39 is 17.5 Å². The first-order valence-corrected chi connectivity index (χ1v) is 5.90. The third-order valence-corrected chi connectivity index (χ3v) is 2.78. The van der Waals surface area contributed by atoms with E-state index in [0.717, 1.165) is 6.07 Å². The van der Waals surface area contributed by atoms with Gasteiger partial charge in [-0.25, -0.2) is 8.78 Å². The molecule has 1 heterocycles. The number of hydrogen-bond donors (Lipinski definition) is 1. The van der Waals surface area contributed by atoms with E-state index in [4.69, 9.17) is 16.0 Å². The summed E-state index contributed by atoms with van der Waals surface area (Å²) in [5.41, 5.74) is 0.697. The molecule has 1 amide bonds. The summed E-state index contributed by atoms with van der Waals surface area (Å²) in [4.78, 5) is 11.6. The molecule has 6 heteroatoms. The first kappa shape index (κ1) is 13.5. The first-order chi connectivity index (χ1) is 9.06.